The van der Waals surface area contributed by atoms with Crippen molar-refractivity contribution in [1.82, 2.24) is 20.3 Å². The topological polar surface area (TPSA) is 123 Å². The van der Waals surface area contributed by atoms with Gasteiger partial charge in [-0.15, -0.1) is 11.3 Å². The second-order valence-electron chi connectivity index (χ2n) is 8.72. The molecule has 9 nitrogen and oxygen atoms in total. The summed E-state index contributed by atoms with van der Waals surface area (Å²) in [6, 6.07) is 4.19. The van der Waals surface area contributed by atoms with E-state index in [-0.39, 0.29) is 15.9 Å². The summed E-state index contributed by atoms with van der Waals surface area (Å²) in [5.74, 6) is -1.01. The Balaban J connectivity index is 1.51. The number of hydrogen-bond acceptors (Lipinski definition) is 8. The van der Waals surface area contributed by atoms with Gasteiger partial charge in [0.1, 0.15) is 5.82 Å². The summed E-state index contributed by atoms with van der Waals surface area (Å²) in [6.45, 7) is 7.50. The summed E-state index contributed by atoms with van der Waals surface area (Å²) in [6.07, 6.45) is 4.24. The van der Waals surface area contributed by atoms with E-state index in [9.17, 15) is 17.6 Å². The van der Waals surface area contributed by atoms with Gasteiger partial charge in [-0.25, -0.2) is 22.8 Å². The van der Waals surface area contributed by atoms with Crippen molar-refractivity contribution in [1.29, 1.82) is 0 Å². The number of benzene rings is 1. The second-order valence-corrected chi connectivity index (χ2v) is 11.9. The first-order valence-corrected chi connectivity index (χ1v) is 13.4. The molecule has 1 aromatic carbocycles. The monoisotopic (exact) mass is 519 g/mol. The van der Waals surface area contributed by atoms with E-state index >= 15 is 0 Å². The van der Waals surface area contributed by atoms with Crippen molar-refractivity contribution in [2.24, 2.45) is 0 Å². The molecule has 0 bridgehead atoms. The van der Waals surface area contributed by atoms with Crippen LogP contribution in [0.3, 0.4) is 0 Å². The molecule has 0 aliphatic heterocycles. The van der Waals surface area contributed by atoms with Crippen molar-refractivity contribution in [3.63, 3.8) is 0 Å². The van der Waals surface area contributed by atoms with E-state index < -0.39 is 27.3 Å². The van der Waals surface area contributed by atoms with E-state index in [0.29, 0.717) is 42.3 Å². The molecule has 35 heavy (non-hydrogen) atoms. The number of nitrogens with zero attached hydrogens (tertiary/aromatic N) is 3. The number of carbonyl (C=O) groups is 1. The number of aryl methyl sites for hydroxylation is 1. The average molecular weight is 520 g/mol. The predicted molar refractivity (Wildman–Crippen MR) is 132 cm³/mol. The summed E-state index contributed by atoms with van der Waals surface area (Å²) in [5.41, 5.74) is 0.253. The van der Waals surface area contributed by atoms with E-state index in [1.807, 2.05) is 6.92 Å². The predicted octanol–water partition coefficient (Wildman–Crippen LogP) is 4.02. The molecule has 1 aliphatic rings. The Morgan fingerprint density at radius 2 is 2.00 bits per heavy atom. The molecule has 2 N–H and O–H groups in total. The van der Waals surface area contributed by atoms with Gasteiger partial charge in [-0.3, -0.25) is 14.5 Å². The summed E-state index contributed by atoms with van der Waals surface area (Å²) in [7, 11) is -3.45. The number of thiazole rings is 1. The Kier molecular flexibility index (Phi) is 6.78. The average Bonchev–Trinajstić information content (AvgIpc) is 3.58. The third kappa shape index (κ3) is 5.59. The number of aromatic nitrogens is 3. The van der Waals surface area contributed by atoms with E-state index in [4.69, 9.17) is 4.74 Å². The number of ether oxygens (including phenoxy) is 1. The molecule has 4 rings (SSSR count). The van der Waals surface area contributed by atoms with Gasteiger partial charge in [-0.1, -0.05) is 6.07 Å². The Bertz CT molecular complexity index is 1370. The lowest BCUT2D eigenvalue weighted by atomic mass is 9.98. The van der Waals surface area contributed by atoms with Crippen LogP contribution in [0.1, 0.15) is 54.5 Å². The van der Waals surface area contributed by atoms with Crippen LogP contribution in [-0.4, -0.2) is 41.1 Å². The molecule has 3 aromatic rings. The van der Waals surface area contributed by atoms with Gasteiger partial charge < -0.3 is 10.1 Å². The van der Waals surface area contributed by atoms with E-state index in [1.54, 1.807) is 26.8 Å². The molecule has 0 radical (unpaired) electrons. The molecule has 186 valence electrons. The molecule has 2 heterocycles. The lowest BCUT2D eigenvalue weighted by molar-refractivity contribution is 0.0906. The fraction of sp³-hybridized carbons (Fsp3) is 0.391. The third-order valence-electron chi connectivity index (χ3n) is 5.42. The van der Waals surface area contributed by atoms with Crippen LogP contribution in [0, 0.1) is 12.7 Å². The third-order valence-corrected chi connectivity index (χ3v) is 8.26. The highest BCUT2D eigenvalue weighted by atomic mass is 32.2. The van der Waals surface area contributed by atoms with Crippen molar-refractivity contribution in [2.45, 2.75) is 51.3 Å². The number of halogens is 1. The quantitative estimate of drug-likeness (QED) is 0.438. The van der Waals surface area contributed by atoms with Crippen LogP contribution in [0.4, 0.5) is 9.52 Å². The summed E-state index contributed by atoms with van der Waals surface area (Å²) < 4.78 is 47.3. The zero-order valence-corrected chi connectivity index (χ0v) is 21.4. The number of amides is 1. The molecule has 1 amide bonds. The van der Waals surface area contributed by atoms with Crippen LogP contribution in [0.15, 0.2) is 30.6 Å². The fourth-order valence-electron chi connectivity index (χ4n) is 3.58. The Hall–Kier alpha value is -3.12. The lowest BCUT2D eigenvalue weighted by Gasteiger charge is -2.25. The van der Waals surface area contributed by atoms with Crippen LogP contribution >= 0.6 is 11.3 Å². The van der Waals surface area contributed by atoms with Crippen LogP contribution in [0.5, 0.6) is 5.88 Å². The minimum absolute atomic E-state index is 0.140. The number of rotatable bonds is 9. The first-order chi connectivity index (χ1) is 16.5. The highest BCUT2D eigenvalue weighted by Gasteiger charge is 2.37. The molecular formula is C23H26FN5O4S2. The zero-order chi connectivity index (χ0) is 25.4. The summed E-state index contributed by atoms with van der Waals surface area (Å²) in [5, 5.41) is 2.68. The largest absolute Gasteiger partial charge is 0.477 e. The molecule has 2 aromatic heterocycles. The first kappa shape index (κ1) is 25.0. The van der Waals surface area contributed by atoms with Gasteiger partial charge in [0.05, 0.1) is 46.7 Å². The molecule has 1 saturated carbocycles. The molecule has 1 fully saturated rings. The van der Waals surface area contributed by atoms with Gasteiger partial charge in [0.25, 0.3) is 5.91 Å². The highest BCUT2D eigenvalue weighted by molar-refractivity contribution is 7.93. The van der Waals surface area contributed by atoms with Gasteiger partial charge in [-0.2, -0.15) is 0 Å². The van der Waals surface area contributed by atoms with Crippen molar-refractivity contribution in [3.05, 3.63) is 52.5 Å². The maximum atomic E-state index is 14.9. The van der Waals surface area contributed by atoms with Crippen LogP contribution in [0.25, 0.3) is 11.3 Å². The lowest BCUT2D eigenvalue weighted by Crippen LogP contribution is -2.42. The van der Waals surface area contributed by atoms with Gasteiger partial charge in [0.2, 0.25) is 15.9 Å². The van der Waals surface area contributed by atoms with Gasteiger partial charge in [0, 0.05) is 10.4 Å². The molecule has 0 spiro atoms. The standard InChI is InChI=1S/C23H26FN5O4S2/c1-5-33-19-12-25-11-18(26-19)14-6-9-16(17(24)10-14)21(30)28-23(3,4)20-13(2)34-22(27-20)29-35(31,32)15-7-8-15/h6,9-12,15H,5,7-8H2,1-4H3,(H,27,29)(H,28,30). The normalized spacial score (nSPS) is 14.0. The first-order valence-electron chi connectivity index (χ1n) is 11.1. The Morgan fingerprint density at radius 3 is 2.66 bits per heavy atom. The number of hydrogen-bond donors (Lipinski definition) is 2. The summed E-state index contributed by atoms with van der Waals surface area (Å²) in [4.78, 5) is 26.5. The number of anilines is 1. The summed E-state index contributed by atoms with van der Waals surface area (Å²) >= 11 is 1.19. The van der Waals surface area contributed by atoms with Crippen LogP contribution in [-0.2, 0) is 15.6 Å². The van der Waals surface area contributed by atoms with E-state index in [0.717, 1.165) is 4.88 Å². The van der Waals surface area contributed by atoms with Crippen LogP contribution < -0.4 is 14.8 Å². The SMILES string of the molecule is CCOc1cncc(-c2ccc(C(=O)NC(C)(C)c3nc(NS(=O)(=O)C4CC4)sc3C)c(F)c2)n1. The highest BCUT2D eigenvalue weighted by Crippen LogP contribution is 2.34. The molecule has 1 aliphatic carbocycles. The van der Waals surface area contributed by atoms with Crippen molar-refractivity contribution >= 4 is 32.4 Å². The Labute approximate surface area is 207 Å². The molecule has 12 heteroatoms. The van der Waals surface area contributed by atoms with E-state index in [1.165, 1.54) is 35.9 Å². The molecule has 0 atom stereocenters. The molecule has 0 unspecified atom stereocenters. The van der Waals surface area contributed by atoms with E-state index in [2.05, 4.69) is 25.0 Å². The van der Waals surface area contributed by atoms with Crippen LogP contribution in [0.2, 0.25) is 0 Å². The number of sulfonamides is 1. The van der Waals surface area contributed by atoms with Gasteiger partial charge in [-0.05, 0) is 52.7 Å². The maximum Gasteiger partial charge on any atom is 0.254 e. The maximum absolute atomic E-state index is 14.9. The van der Waals surface area contributed by atoms with Gasteiger partial charge >= 0.3 is 0 Å². The number of carbonyl (C=O) groups excluding carboxylic acids is 1. The number of nitrogens with one attached hydrogen (secondary N) is 2. The van der Waals surface area contributed by atoms with Crippen molar-refractivity contribution in [3.8, 4) is 17.1 Å². The fourth-order valence-corrected chi connectivity index (χ4v) is 6.13. The molecule has 0 saturated heterocycles. The minimum atomic E-state index is -3.45. The Morgan fingerprint density at radius 1 is 1.26 bits per heavy atom. The van der Waals surface area contributed by atoms with Gasteiger partial charge in [0.15, 0.2) is 5.13 Å². The zero-order valence-electron chi connectivity index (χ0n) is 19.8. The second kappa shape index (κ2) is 9.50. The van der Waals surface area contributed by atoms with Crippen molar-refractivity contribution in [2.75, 3.05) is 11.3 Å². The minimum Gasteiger partial charge on any atom is -0.477 e. The van der Waals surface area contributed by atoms with Crippen molar-refractivity contribution < 1.29 is 22.3 Å². The molecular weight excluding hydrogens is 493 g/mol. The smallest absolute Gasteiger partial charge is 0.254 e.